The van der Waals surface area contributed by atoms with Crippen molar-refractivity contribution < 1.29 is 23.5 Å². The van der Waals surface area contributed by atoms with Crippen molar-refractivity contribution in [3.8, 4) is 0 Å². The predicted molar refractivity (Wildman–Crippen MR) is 70.5 cm³/mol. The van der Waals surface area contributed by atoms with Crippen molar-refractivity contribution in [3.63, 3.8) is 0 Å². The molecule has 1 heterocycles. The number of amides is 1. The van der Waals surface area contributed by atoms with E-state index in [4.69, 9.17) is 16.7 Å². The van der Waals surface area contributed by atoms with Crippen molar-refractivity contribution in [3.05, 3.63) is 58.4 Å². The van der Waals surface area contributed by atoms with E-state index in [1.807, 2.05) is 0 Å². The molecule has 2 N–H and O–H groups in total. The van der Waals surface area contributed by atoms with E-state index in [9.17, 15) is 18.4 Å². The van der Waals surface area contributed by atoms with Gasteiger partial charge in [-0.05, 0) is 18.2 Å². The summed E-state index contributed by atoms with van der Waals surface area (Å²) >= 11 is 5.65. The SMILES string of the molecule is O=C(Nc1c(F)cc(F)cc1Cl)c1ccc(C(=O)O)nc1. The summed E-state index contributed by atoms with van der Waals surface area (Å²) in [5.41, 5.74) is -0.609. The smallest absolute Gasteiger partial charge is 0.354 e. The molecule has 0 atom stereocenters. The number of halogens is 3. The lowest BCUT2D eigenvalue weighted by atomic mass is 10.2. The molecular formula is C13H7ClF2N2O3. The van der Waals surface area contributed by atoms with Crippen LogP contribution in [-0.2, 0) is 0 Å². The minimum absolute atomic E-state index is 0.000193. The molecule has 0 aliphatic rings. The Bertz CT molecular complexity index is 697. The summed E-state index contributed by atoms with van der Waals surface area (Å²) in [6.45, 7) is 0. The van der Waals surface area contributed by atoms with Crippen molar-refractivity contribution in [2.45, 2.75) is 0 Å². The minimum atomic E-state index is -1.24. The Balaban J connectivity index is 2.24. The van der Waals surface area contributed by atoms with Gasteiger partial charge in [0.2, 0.25) is 0 Å². The van der Waals surface area contributed by atoms with E-state index in [-0.39, 0.29) is 22.0 Å². The molecular weight excluding hydrogens is 306 g/mol. The van der Waals surface area contributed by atoms with Crippen molar-refractivity contribution in [2.75, 3.05) is 5.32 Å². The molecule has 1 aromatic heterocycles. The Morgan fingerprint density at radius 3 is 2.48 bits per heavy atom. The largest absolute Gasteiger partial charge is 0.477 e. The molecule has 0 spiro atoms. The topological polar surface area (TPSA) is 79.3 Å². The molecule has 0 aliphatic carbocycles. The monoisotopic (exact) mass is 312 g/mol. The summed E-state index contributed by atoms with van der Waals surface area (Å²) in [4.78, 5) is 26.0. The zero-order valence-electron chi connectivity index (χ0n) is 10.2. The highest BCUT2D eigenvalue weighted by molar-refractivity contribution is 6.34. The first-order chi connectivity index (χ1) is 9.88. The van der Waals surface area contributed by atoms with Crippen LogP contribution in [0.2, 0.25) is 5.02 Å². The molecule has 21 heavy (non-hydrogen) atoms. The molecule has 0 saturated carbocycles. The van der Waals surface area contributed by atoms with E-state index in [1.54, 1.807) is 0 Å². The number of hydrogen-bond acceptors (Lipinski definition) is 3. The minimum Gasteiger partial charge on any atom is -0.477 e. The summed E-state index contributed by atoms with van der Waals surface area (Å²) in [5, 5.41) is 10.6. The van der Waals surface area contributed by atoms with Crippen LogP contribution in [0.3, 0.4) is 0 Å². The third-order valence-corrected chi connectivity index (χ3v) is 2.79. The molecule has 0 bridgehead atoms. The summed E-state index contributed by atoms with van der Waals surface area (Å²) in [6, 6.07) is 3.76. The van der Waals surface area contributed by atoms with Gasteiger partial charge in [-0.3, -0.25) is 4.79 Å². The number of carbonyl (C=O) groups excluding carboxylic acids is 1. The number of carbonyl (C=O) groups is 2. The second kappa shape index (κ2) is 5.84. The molecule has 2 aromatic rings. The molecule has 1 aromatic carbocycles. The molecule has 1 amide bonds. The van der Waals surface area contributed by atoms with Crippen LogP contribution in [0.4, 0.5) is 14.5 Å². The number of anilines is 1. The zero-order valence-corrected chi connectivity index (χ0v) is 11.0. The molecule has 0 unspecified atom stereocenters. The zero-order chi connectivity index (χ0) is 15.6. The lowest BCUT2D eigenvalue weighted by molar-refractivity contribution is 0.0690. The number of benzene rings is 1. The Kier molecular flexibility index (Phi) is 4.13. The molecule has 0 radical (unpaired) electrons. The number of hydrogen-bond donors (Lipinski definition) is 2. The maximum absolute atomic E-state index is 13.5. The number of nitrogens with one attached hydrogen (secondary N) is 1. The third kappa shape index (κ3) is 3.32. The fraction of sp³-hybridized carbons (Fsp3) is 0. The van der Waals surface area contributed by atoms with Crippen LogP contribution in [0.1, 0.15) is 20.8 Å². The highest BCUT2D eigenvalue weighted by Gasteiger charge is 2.15. The average Bonchev–Trinajstić information content (AvgIpc) is 2.42. The number of aromatic nitrogens is 1. The van der Waals surface area contributed by atoms with Gasteiger partial charge < -0.3 is 10.4 Å². The first kappa shape index (κ1) is 14.9. The van der Waals surface area contributed by atoms with Crippen molar-refractivity contribution in [2.24, 2.45) is 0 Å². The van der Waals surface area contributed by atoms with E-state index in [0.717, 1.165) is 18.3 Å². The second-order valence-electron chi connectivity index (χ2n) is 3.94. The van der Waals surface area contributed by atoms with Crippen molar-refractivity contribution in [1.29, 1.82) is 0 Å². The average molecular weight is 313 g/mol. The molecule has 5 nitrogen and oxygen atoms in total. The van der Waals surface area contributed by atoms with Gasteiger partial charge in [0.25, 0.3) is 5.91 Å². The second-order valence-corrected chi connectivity index (χ2v) is 4.34. The molecule has 108 valence electrons. The standard InChI is InChI=1S/C13H7ClF2N2O3/c14-8-3-7(15)4-9(16)11(8)18-12(19)6-1-2-10(13(20)21)17-5-6/h1-5H,(H,18,19)(H,20,21). The van der Waals surface area contributed by atoms with Crippen LogP contribution in [0, 0.1) is 11.6 Å². The van der Waals surface area contributed by atoms with Gasteiger partial charge in [-0.25, -0.2) is 18.6 Å². The molecule has 0 fully saturated rings. The van der Waals surface area contributed by atoms with Gasteiger partial charge in [-0.1, -0.05) is 11.6 Å². The van der Waals surface area contributed by atoms with Gasteiger partial charge in [0.1, 0.15) is 11.5 Å². The predicted octanol–water partition coefficient (Wildman–Crippen LogP) is 2.96. The highest BCUT2D eigenvalue weighted by Crippen LogP contribution is 2.26. The number of nitrogens with zero attached hydrogens (tertiary/aromatic N) is 1. The number of pyridine rings is 1. The van der Waals surface area contributed by atoms with Gasteiger partial charge in [0.15, 0.2) is 5.82 Å². The van der Waals surface area contributed by atoms with Gasteiger partial charge in [0.05, 0.1) is 16.3 Å². The first-order valence-electron chi connectivity index (χ1n) is 5.53. The fourth-order valence-electron chi connectivity index (χ4n) is 1.50. The quantitative estimate of drug-likeness (QED) is 0.913. The van der Waals surface area contributed by atoms with E-state index in [2.05, 4.69) is 10.3 Å². The molecule has 2 rings (SSSR count). The number of carboxylic acids is 1. The Hall–Kier alpha value is -2.54. The first-order valence-corrected chi connectivity index (χ1v) is 5.91. The fourth-order valence-corrected chi connectivity index (χ4v) is 1.74. The van der Waals surface area contributed by atoms with Gasteiger partial charge in [-0.15, -0.1) is 0 Å². The van der Waals surface area contributed by atoms with Crippen molar-refractivity contribution >= 4 is 29.2 Å². The van der Waals surface area contributed by atoms with E-state index >= 15 is 0 Å². The van der Waals surface area contributed by atoms with Crippen LogP contribution in [-0.4, -0.2) is 22.0 Å². The van der Waals surface area contributed by atoms with Gasteiger partial charge in [0, 0.05) is 12.3 Å². The lowest BCUT2D eigenvalue weighted by Gasteiger charge is -2.08. The Morgan fingerprint density at radius 1 is 1.24 bits per heavy atom. The van der Waals surface area contributed by atoms with E-state index in [0.29, 0.717) is 6.07 Å². The molecule has 0 aliphatic heterocycles. The summed E-state index contributed by atoms with van der Waals surface area (Å²) < 4.78 is 26.4. The van der Waals surface area contributed by atoms with Crippen LogP contribution < -0.4 is 5.32 Å². The van der Waals surface area contributed by atoms with Crippen molar-refractivity contribution in [1.82, 2.24) is 4.98 Å². The summed E-state index contributed by atoms with van der Waals surface area (Å²) in [5.74, 6) is -3.90. The Morgan fingerprint density at radius 2 is 1.95 bits per heavy atom. The van der Waals surface area contributed by atoms with E-state index in [1.165, 1.54) is 6.07 Å². The summed E-state index contributed by atoms with van der Waals surface area (Å²) in [7, 11) is 0. The molecule has 0 saturated heterocycles. The van der Waals surface area contributed by atoms with Crippen LogP contribution >= 0.6 is 11.6 Å². The van der Waals surface area contributed by atoms with Crippen LogP contribution in [0.5, 0.6) is 0 Å². The highest BCUT2D eigenvalue weighted by atomic mass is 35.5. The van der Waals surface area contributed by atoms with Gasteiger partial charge >= 0.3 is 5.97 Å². The van der Waals surface area contributed by atoms with Crippen LogP contribution in [0.15, 0.2) is 30.5 Å². The number of aromatic carboxylic acids is 1. The Labute approximate surface area is 122 Å². The lowest BCUT2D eigenvalue weighted by Crippen LogP contribution is -2.14. The summed E-state index contributed by atoms with van der Waals surface area (Å²) in [6.07, 6.45) is 1.02. The maximum atomic E-state index is 13.5. The van der Waals surface area contributed by atoms with E-state index < -0.39 is 23.5 Å². The van der Waals surface area contributed by atoms with Crippen LogP contribution in [0.25, 0.3) is 0 Å². The number of rotatable bonds is 3. The molecule has 8 heteroatoms. The third-order valence-electron chi connectivity index (χ3n) is 2.49. The normalized spacial score (nSPS) is 10.2. The maximum Gasteiger partial charge on any atom is 0.354 e. The number of carboxylic acid groups (broad SMARTS) is 1. The van der Waals surface area contributed by atoms with Gasteiger partial charge in [-0.2, -0.15) is 0 Å².